The summed E-state index contributed by atoms with van der Waals surface area (Å²) in [6, 6.07) is 12.7. The van der Waals surface area contributed by atoms with Crippen molar-refractivity contribution in [1.82, 2.24) is 9.88 Å². The van der Waals surface area contributed by atoms with E-state index in [4.69, 9.17) is 9.47 Å². The Labute approximate surface area is 170 Å². The fourth-order valence-corrected chi connectivity index (χ4v) is 3.89. The number of carbonyl (C=O) groups is 2. The molecule has 0 aliphatic carbocycles. The summed E-state index contributed by atoms with van der Waals surface area (Å²) in [5.41, 5.74) is 1.53. The number of ether oxygens (including phenoxy) is 2. The first-order valence-electron chi connectivity index (χ1n) is 10.0. The van der Waals surface area contributed by atoms with E-state index in [1.165, 1.54) is 6.20 Å². The first kappa shape index (κ1) is 19.5. The van der Waals surface area contributed by atoms with E-state index in [0.717, 1.165) is 5.69 Å². The molecule has 1 aromatic heterocycles. The molecular weight excluding hydrogens is 370 g/mol. The lowest BCUT2D eigenvalue weighted by atomic mass is 10.0. The van der Waals surface area contributed by atoms with Gasteiger partial charge in [0.05, 0.1) is 13.2 Å². The number of carbonyl (C=O) groups excluding carboxylic acids is 2. The van der Waals surface area contributed by atoms with Gasteiger partial charge in [-0.05, 0) is 31.2 Å². The molecule has 7 nitrogen and oxygen atoms in total. The lowest BCUT2D eigenvalue weighted by Gasteiger charge is -2.37. The molecule has 7 heteroatoms. The van der Waals surface area contributed by atoms with Crippen LogP contribution in [0.1, 0.15) is 40.6 Å². The Kier molecular flexibility index (Phi) is 5.60. The third-order valence-electron chi connectivity index (χ3n) is 5.48. The van der Waals surface area contributed by atoms with E-state index in [2.05, 4.69) is 4.98 Å². The second kappa shape index (κ2) is 8.31. The molecule has 29 heavy (non-hydrogen) atoms. The topological polar surface area (TPSA) is 72.0 Å². The lowest BCUT2D eigenvalue weighted by Crippen LogP contribution is -2.47. The number of anilines is 1. The highest BCUT2D eigenvalue weighted by Gasteiger charge is 2.40. The number of nitrogens with zero attached hydrogens (tertiary/aromatic N) is 3. The number of aromatic nitrogens is 1. The van der Waals surface area contributed by atoms with Crippen LogP contribution in [0.15, 0.2) is 48.7 Å². The maximum atomic E-state index is 13.0. The van der Waals surface area contributed by atoms with Crippen molar-refractivity contribution in [3.63, 3.8) is 0 Å². The summed E-state index contributed by atoms with van der Waals surface area (Å²) in [4.78, 5) is 33.6. The predicted molar refractivity (Wildman–Crippen MR) is 108 cm³/mol. The van der Waals surface area contributed by atoms with E-state index in [1.807, 2.05) is 37.3 Å². The highest BCUT2D eigenvalue weighted by atomic mass is 16.7. The zero-order valence-corrected chi connectivity index (χ0v) is 16.5. The summed E-state index contributed by atoms with van der Waals surface area (Å²) in [5.74, 6) is -0.844. The Balaban J connectivity index is 1.48. The van der Waals surface area contributed by atoms with Gasteiger partial charge in [-0.3, -0.25) is 14.6 Å². The number of likely N-dealkylation sites (tertiary alicyclic amines) is 1. The van der Waals surface area contributed by atoms with Crippen LogP contribution in [0.2, 0.25) is 0 Å². The van der Waals surface area contributed by atoms with Crippen LogP contribution in [-0.2, 0) is 9.47 Å². The van der Waals surface area contributed by atoms with Crippen molar-refractivity contribution in [1.29, 1.82) is 0 Å². The van der Waals surface area contributed by atoms with E-state index < -0.39 is 5.79 Å². The summed E-state index contributed by atoms with van der Waals surface area (Å²) in [7, 11) is 0. The predicted octanol–water partition coefficient (Wildman–Crippen LogP) is 2.73. The van der Waals surface area contributed by atoms with E-state index in [1.54, 1.807) is 21.9 Å². The molecule has 1 spiro atoms. The van der Waals surface area contributed by atoms with Gasteiger partial charge in [0.1, 0.15) is 5.69 Å². The van der Waals surface area contributed by atoms with Gasteiger partial charge in [0, 0.05) is 49.9 Å². The van der Waals surface area contributed by atoms with Crippen molar-refractivity contribution in [2.24, 2.45) is 0 Å². The fourth-order valence-electron chi connectivity index (χ4n) is 3.89. The maximum Gasteiger partial charge on any atom is 0.276 e. The van der Waals surface area contributed by atoms with E-state index in [0.29, 0.717) is 51.3 Å². The van der Waals surface area contributed by atoms with Crippen LogP contribution in [0.4, 0.5) is 5.69 Å². The molecule has 2 saturated heterocycles. The van der Waals surface area contributed by atoms with Crippen LogP contribution in [0.5, 0.6) is 0 Å². The molecule has 1 aromatic carbocycles. The van der Waals surface area contributed by atoms with Crippen LogP contribution >= 0.6 is 0 Å². The summed E-state index contributed by atoms with van der Waals surface area (Å²) in [6.07, 6.45) is 2.84. The zero-order valence-electron chi connectivity index (χ0n) is 16.5. The van der Waals surface area contributed by atoms with Gasteiger partial charge in [-0.25, -0.2) is 0 Å². The molecule has 0 bridgehead atoms. The first-order valence-corrected chi connectivity index (χ1v) is 10.0. The van der Waals surface area contributed by atoms with Crippen LogP contribution in [0.25, 0.3) is 0 Å². The molecule has 0 atom stereocenters. The average molecular weight is 395 g/mol. The van der Waals surface area contributed by atoms with Crippen molar-refractivity contribution >= 4 is 17.5 Å². The Morgan fingerprint density at radius 1 is 1.10 bits per heavy atom. The molecule has 0 unspecified atom stereocenters. The molecule has 2 aromatic rings. The molecule has 2 aliphatic heterocycles. The van der Waals surface area contributed by atoms with Gasteiger partial charge in [-0.2, -0.15) is 0 Å². The number of hydrogen-bond donors (Lipinski definition) is 0. The highest BCUT2D eigenvalue weighted by molar-refractivity contribution is 6.06. The molecular formula is C22H25N3O4. The number of pyridine rings is 1. The monoisotopic (exact) mass is 395 g/mol. The minimum Gasteiger partial charge on any atom is -0.347 e. The number of para-hydroxylation sites is 1. The summed E-state index contributed by atoms with van der Waals surface area (Å²) in [6.45, 7) is 4.77. The molecule has 2 fully saturated rings. The second-order valence-electron chi connectivity index (χ2n) is 7.21. The quantitative estimate of drug-likeness (QED) is 0.796. The zero-order chi connectivity index (χ0) is 20.3. The van der Waals surface area contributed by atoms with Gasteiger partial charge in [0.15, 0.2) is 5.79 Å². The summed E-state index contributed by atoms with van der Waals surface area (Å²) >= 11 is 0. The van der Waals surface area contributed by atoms with Crippen LogP contribution in [0.3, 0.4) is 0 Å². The van der Waals surface area contributed by atoms with Crippen LogP contribution in [0, 0.1) is 0 Å². The number of amides is 2. The molecule has 0 radical (unpaired) electrons. The van der Waals surface area contributed by atoms with Crippen LogP contribution < -0.4 is 4.90 Å². The van der Waals surface area contributed by atoms with Crippen molar-refractivity contribution < 1.29 is 19.1 Å². The van der Waals surface area contributed by atoms with Gasteiger partial charge in [0.25, 0.3) is 11.8 Å². The van der Waals surface area contributed by atoms with Gasteiger partial charge in [-0.1, -0.05) is 18.2 Å². The van der Waals surface area contributed by atoms with E-state index >= 15 is 0 Å². The van der Waals surface area contributed by atoms with Crippen molar-refractivity contribution in [2.45, 2.75) is 25.6 Å². The highest BCUT2D eigenvalue weighted by Crippen LogP contribution is 2.31. The third kappa shape index (κ3) is 4.02. The fraction of sp³-hybridized carbons (Fsp3) is 0.409. The minimum atomic E-state index is -0.520. The maximum absolute atomic E-state index is 13.0. The molecule has 3 heterocycles. The molecule has 4 rings (SSSR count). The Morgan fingerprint density at radius 3 is 2.45 bits per heavy atom. The number of hydrogen-bond acceptors (Lipinski definition) is 5. The van der Waals surface area contributed by atoms with Gasteiger partial charge >= 0.3 is 0 Å². The Bertz CT molecular complexity index is 871. The van der Waals surface area contributed by atoms with Crippen LogP contribution in [-0.4, -0.2) is 60.3 Å². The SMILES string of the molecule is CCN(C(=O)c1cc(C(=O)N2CCC3(CC2)OCCO3)ccn1)c1ccccc1. The van der Waals surface area contributed by atoms with Gasteiger partial charge in [0.2, 0.25) is 0 Å². The van der Waals surface area contributed by atoms with Crippen molar-refractivity contribution in [2.75, 3.05) is 37.7 Å². The minimum absolute atomic E-state index is 0.0999. The van der Waals surface area contributed by atoms with Crippen molar-refractivity contribution in [3.05, 3.63) is 59.9 Å². The molecule has 2 aliphatic rings. The third-order valence-corrected chi connectivity index (χ3v) is 5.48. The lowest BCUT2D eigenvalue weighted by molar-refractivity contribution is -0.181. The second-order valence-corrected chi connectivity index (χ2v) is 7.21. The molecule has 0 N–H and O–H groups in total. The first-order chi connectivity index (χ1) is 14.1. The number of piperidine rings is 1. The molecule has 0 saturated carbocycles. The van der Waals surface area contributed by atoms with Crippen molar-refractivity contribution in [3.8, 4) is 0 Å². The van der Waals surface area contributed by atoms with Gasteiger partial charge in [-0.15, -0.1) is 0 Å². The largest absolute Gasteiger partial charge is 0.347 e. The summed E-state index contributed by atoms with van der Waals surface area (Å²) in [5, 5.41) is 0. The Hall–Kier alpha value is -2.77. The summed E-state index contributed by atoms with van der Waals surface area (Å²) < 4.78 is 11.5. The number of benzene rings is 1. The molecule has 152 valence electrons. The van der Waals surface area contributed by atoms with Gasteiger partial charge < -0.3 is 19.3 Å². The standard InChI is InChI=1S/C22H25N3O4/c1-2-25(18-6-4-3-5-7-18)21(27)19-16-17(8-11-23-19)20(26)24-12-9-22(10-13-24)28-14-15-29-22/h3-8,11,16H,2,9-10,12-15H2,1H3. The Morgan fingerprint density at radius 2 is 1.79 bits per heavy atom. The normalized spacial score (nSPS) is 18.0. The molecule has 2 amide bonds. The van der Waals surface area contributed by atoms with E-state index in [9.17, 15) is 9.59 Å². The number of rotatable bonds is 4. The average Bonchev–Trinajstić information content (AvgIpc) is 3.23. The smallest absolute Gasteiger partial charge is 0.276 e. The van der Waals surface area contributed by atoms with E-state index in [-0.39, 0.29) is 17.5 Å².